The van der Waals surface area contributed by atoms with Crippen LogP contribution in [-0.4, -0.2) is 26.7 Å². The summed E-state index contributed by atoms with van der Waals surface area (Å²) in [7, 11) is 0. The highest BCUT2D eigenvalue weighted by atomic mass is 35.5. The summed E-state index contributed by atoms with van der Waals surface area (Å²) in [5.41, 5.74) is 3.02. The molecule has 2 aromatic heterocycles. The first-order valence-electron chi connectivity index (χ1n) is 8.40. The molecule has 0 unspecified atom stereocenters. The number of para-hydroxylation sites is 1. The summed E-state index contributed by atoms with van der Waals surface area (Å²) in [6.07, 6.45) is 4.48. The summed E-state index contributed by atoms with van der Waals surface area (Å²) in [5.74, 6) is 0.974. The molecule has 8 heteroatoms. The van der Waals surface area contributed by atoms with Gasteiger partial charge in [0.2, 0.25) is 5.95 Å². The number of aromatic nitrogens is 4. The number of hydrogen-bond donors (Lipinski definition) is 3. The summed E-state index contributed by atoms with van der Waals surface area (Å²) in [5, 5.41) is 16.4. The summed E-state index contributed by atoms with van der Waals surface area (Å²) in [6.45, 7) is 0.720. The Hall–Kier alpha value is -2.83. The van der Waals surface area contributed by atoms with Crippen molar-refractivity contribution >= 4 is 51.6 Å². The number of hydrogen-bond acceptors (Lipinski definition) is 5. The molecule has 4 rings (SSSR count). The Morgan fingerprint density at radius 2 is 1.93 bits per heavy atom. The molecule has 0 bridgehead atoms. The second-order valence-electron chi connectivity index (χ2n) is 5.93. The zero-order valence-electron chi connectivity index (χ0n) is 14.2. The Kier molecular flexibility index (Phi) is 5.09. The van der Waals surface area contributed by atoms with Crippen LogP contribution in [0.5, 0.6) is 0 Å². The zero-order chi connectivity index (χ0) is 18.6. The standard InChI is InChI=1S/C19H16Cl2N6/c20-14-5-3-7-16(18(14)21)25-19-26-17(11-24-27-19)22-9-8-12-10-23-15-6-2-1-4-13(12)15/h1-7,10-11,23H,8-9H2,(H2,22,25,26,27). The minimum atomic E-state index is 0.344. The van der Waals surface area contributed by atoms with Gasteiger partial charge in [0.15, 0.2) is 5.82 Å². The lowest BCUT2D eigenvalue weighted by molar-refractivity contribution is 0.952. The number of aromatic amines is 1. The van der Waals surface area contributed by atoms with E-state index in [1.165, 1.54) is 10.9 Å². The number of nitrogens with one attached hydrogen (secondary N) is 3. The highest BCUT2D eigenvalue weighted by Crippen LogP contribution is 2.30. The number of benzene rings is 2. The Bertz CT molecular complexity index is 1080. The molecule has 6 nitrogen and oxygen atoms in total. The van der Waals surface area contributed by atoms with Crippen LogP contribution < -0.4 is 10.6 Å². The third-order valence-corrected chi connectivity index (χ3v) is 4.95. The fourth-order valence-electron chi connectivity index (χ4n) is 2.83. The number of halogens is 2. The fraction of sp³-hybridized carbons (Fsp3) is 0.105. The molecule has 0 saturated carbocycles. The van der Waals surface area contributed by atoms with E-state index in [-0.39, 0.29) is 0 Å². The van der Waals surface area contributed by atoms with Crippen LogP contribution in [0, 0.1) is 0 Å². The van der Waals surface area contributed by atoms with Gasteiger partial charge in [-0.2, -0.15) is 10.1 Å². The summed E-state index contributed by atoms with van der Waals surface area (Å²) in [6, 6.07) is 13.6. The van der Waals surface area contributed by atoms with Crippen LogP contribution in [0.15, 0.2) is 54.9 Å². The van der Waals surface area contributed by atoms with Crippen LogP contribution in [-0.2, 0) is 6.42 Å². The molecular formula is C19H16Cl2N6. The molecule has 0 saturated heterocycles. The minimum Gasteiger partial charge on any atom is -0.368 e. The monoisotopic (exact) mass is 398 g/mol. The van der Waals surface area contributed by atoms with Crippen LogP contribution in [0.3, 0.4) is 0 Å². The molecule has 0 aliphatic carbocycles. The molecular weight excluding hydrogens is 383 g/mol. The molecule has 2 aromatic carbocycles. The van der Waals surface area contributed by atoms with Crippen molar-refractivity contribution in [2.24, 2.45) is 0 Å². The van der Waals surface area contributed by atoms with Crippen LogP contribution >= 0.6 is 23.2 Å². The van der Waals surface area contributed by atoms with Crippen molar-refractivity contribution < 1.29 is 0 Å². The second kappa shape index (κ2) is 7.82. The van der Waals surface area contributed by atoms with Crippen molar-refractivity contribution in [1.82, 2.24) is 20.2 Å². The lowest BCUT2D eigenvalue weighted by Gasteiger charge is -2.09. The average molecular weight is 399 g/mol. The quantitative estimate of drug-likeness (QED) is 0.423. The van der Waals surface area contributed by atoms with E-state index in [1.54, 1.807) is 24.4 Å². The summed E-state index contributed by atoms with van der Waals surface area (Å²) < 4.78 is 0. The Morgan fingerprint density at radius 1 is 1.04 bits per heavy atom. The molecule has 0 aliphatic rings. The molecule has 136 valence electrons. The van der Waals surface area contributed by atoms with Gasteiger partial charge in [0.1, 0.15) is 0 Å². The molecule has 27 heavy (non-hydrogen) atoms. The smallest absolute Gasteiger partial charge is 0.249 e. The van der Waals surface area contributed by atoms with Crippen molar-refractivity contribution in [1.29, 1.82) is 0 Å². The average Bonchev–Trinajstić information content (AvgIpc) is 3.09. The van der Waals surface area contributed by atoms with Crippen molar-refractivity contribution in [2.75, 3.05) is 17.2 Å². The Balaban J connectivity index is 1.41. The Morgan fingerprint density at radius 3 is 2.85 bits per heavy atom. The van der Waals surface area contributed by atoms with E-state index in [0.29, 0.717) is 27.5 Å². The van der Waals surface area contributed by atoms with Gasteiger partial charge in [-0.25, -0.2) is 0 Å². The van der Waals surface area contributed by atoms with E-state index in [1.807, 2.05) is 18.3 Å². The number of fused-ring (bicyclic) bond motifs is 1. The molecule has 0 fully saturated rings. The van der Waals surface area contributed by atoms with E-state index >= 15 is 0 Å². The molecule has 3 N–H and O–H groups in total. The van der Waals surface area contributed by atoms with E-state index in [2.05, 4.69) is 42.9 Å². The lowest BCUT2D eigenvalue weighted by Crippen LogP contribution is -2.08. The van der Waals surface area contributed by atoms with Crippen LogP contribution in [0.25, 0.3) is 10.9 Å². The predicted molar refractivity (Wildman–Crippen MR) is 110 cm³/mol. The number of H-pyrrole nitrogens is 1. The first-order valence-corrected chi connectivity index (χ1v) is 9.16. The van der Waals surface area contributed by atoms with E-state index in [9.17, 15) is 0 Å². The highest BCUT2D eigenvalue weighted by molar-refractivity contribution is 6.43. The molecule has 0 amide bonds. The maximum Gasteiger partial charge on any atom is 0.249 e. The maximum atomic E-state index is 6.18. The van der Waals surface area contributed by atoms with Gasteiger partial charge in [0.25, 0.3) is 0 Å². The van der Waals surface area contributed by atoms with E-state index < -0.39 is 0 Å². The van der Waals surface area contributed by atoms with Gasteiger partial charge >= 0.3 is 0 Å². The van der Waals surface area contributed by atoms with Gasteiger partial charge in [0.05, 0.1) is 21.9 Å². The molecule has 0 aliphatic heterocycles. The van der Waals surface area contributed by atoms with Crippen molar-refractivity contribution in [2.45, 2.75) is 6.42 Å². The first-order chi connectivity index (χ1) is 13.2. The van der Waals surface area contributed by atoms with Crippen LogP contribution in [0.4, 0.5) is 17.5 Å². The lowest BCUT2D eigenvalue weighted by atomic mass is 10.1. The number of nitrogens with zero attached hydrogens (tertiary/aromatic N) is 3. The van der Waals surface area contributed by atoms with E-state index in [0.717, 1.165) is 18.5 Å². The normalized spacial score (nSPS) is 10.9. The Labute approximate surface area is 165 Å². The SMILES string of the molecule is Clc1cccc(Nc2nncc(NCCc3c[nH]c4ccccc34)n2)c1Cl. The molecule has 0 radical (unpaired) electrons. The third kappa shape index (κ3) is 3.97. The van der Waals surface area contributed by atoms with E-state index in [4.69, 9.17) is 23.2 Å². The second-order valence-corrected chi connectivity index (χ2v) is 6.71. The molecule has 0 spiro atoms. The van der Waals surface area contributed by atoms with Gasteiger partial charge in [-0.1, -0.05) is 47.5 Å². The maximum absolute atomic E-state index is 6.18. The number of anilines is 3. The molecule has 2 heterocycles. The van der Waals surface area contributed by atoms with Gasteiger partial charge in [-0.3, -0.25) is 0 Å². The van der Waals surface area contributed by atoms with Crippen molar-refractivity contribution in [3.8, 4) is 0 Å². The zero-order valence-corrected chi connectivity index (χ0v) is 15.7. The predicted octanol–water partition coefficient (Wildman–Crippen LogP) is 5.06. The molecule has 0 atom stereocenters. The van der Waals surface area contributed by atoms with Crippen molar-refractivity contribution in [3.63, 3.8) is 0 Å². The minimum absolute atomic E-state index is 0.344. The number of rotatable bonds is 6. The largest absolute Gasteiger partial charge is 0.368 e. The first kappa shape index (κ1) is 17.6. The van der Waals surface area contributed by atoms with Gasteiger partial charge in [-0.05, 0) is 30.2 Å². The third-order valence-electron chi connectivity index (χ3n) is 4.13. The van der Waals surface area contributed by atoms with Gasteiger partial charge in [0, 0.05) is 23.6 Å². The summed E-state index contributed by atoms with van der Waals surface area (Å²) in [4.78, 5) is 7.70. The van der Waals surface area contributed by atoms with Gasteiger partial charge < -0.3 is 15.6 Å². The highest BCUT2D eigenvalue weighted by Gasteiger charge is 2.08. The summed E-state index contributed by atoms with van der Waals surface area (Å²) >= 11 is 12.2. The van der Waals surface area contributed by atoms with Crippen molar-refractivity contribution in [3.05, 3.63) is 70.5 Å². The fourth-order valence-corrected chi connectivity index (χ4v) is 3.17. The molecule has 4 aromatic rings. The topological polar surface area (TPSA) is 78.5 Å². The van der Waals surface area contributed by atoms with Crippen LogP contribution in [0.2, 0.25) is 10.0 Å². The van der Waals surface area contributed by atoms with Gasteiger partial charge in [-0.15, -0.1) is 5.10 Å². The van der Waals surface area contributed by atoms with Crippen LogP contribution in [0.1, 0.15) is 5.56 Å².